The molecular weight excluding hydrogens is 270 g/mol. The van der Waals surface area contributed by atoms with Gasteiger partial charge in [0.2, 0.25) is 0 Å². The fourth-order valence-corrected chi connectivity index (χ4v) is 0.847. The van der Waals surface area contributed by atoms with Gasteiger partial charge in [-0.2, -0.15) is 0 Å². The van der Waals surface area contributed by atoms with E-state index in [0.717, 1.165) is 11.5 Å². The van der Waals surface area contributed by atoms with E-state index in [1.165, 1.54) is 12.5 Å². The van der Waals surface area contributed by atoms with Gasteiger partial charge >= 0.3 is 0 Å². The van der Waals surface area contributed by atoms with Gasteiger partial charge in [0.1, 0.15) is 12.5 Å². The Balaban J connectivity index is -0.000000302. The van der Waals surface area contributed by atoms with E-state index in [0.29, 0.717) is 0 Å². The van der Waals surface area contributed by atoms with Crippen molar-refractivity contribution in [2.75, 3.05) is 0 Å². The second-order valence-corrected chi connectivity index (χ2v) is 1.95. The van der Waals surface area contributed by atoms with Crippen LogP contribution in [0.15, 0.2) is 36.8 Å². The Morgan fingerprint density at radius 2 is 1.00 bits per heavy atom. The summed E-state index contributed by atoms with van der Waals surface area (Å²) in [5, 5.41) is 0. The maximum atomic E-state index is 5.12. The lowest BCUT2D eigenvalue weighted by atomic mass is 10.3. The third-order valence-electron chi connectivity index (χ3n) is 1.29. The third-order valence-corrected chi connectivity index (χ3v) is 1.29. The van der Waals surface area contributed by atoms with E-state index in [2.05, 4.69) is 0 Å². The standard InChI is InChI=1S/C8H6O2.4ClH/c1-2-4-8-7(3-1)9-5-6-10-8;;;;/h1-6H;4*1H. The Bertz CT molecular complexity index is 251. The van der Waals surface area contributed by atoms with Gasteiger partial charge in [0.15, 0.2) is 11.5 Å². The molecule has 1 heterocycles. The quantitative estimate of drug-likeness (QED) is 0.722. The van der Waals surface area contributed by atoms with E-state index in [1.807, 2.05) is 24.3 Å². The summed E-state index contributed by atoms with van der Waals surface area (Å²) in [4.78, 5) is 0. The molecule has 0 radical (unpaired) electrons. The summed E-state index contributed by atoms with van der Waals surface area (Å²) < 4.78 is 10.2. The molecule has 0 aliphatic carbocycles. The number of para-hydroxylation sites is 2. The molecule has 1 aromatic rings. The molecule has 0 N–H and O–H groups in total. The summed E-state index contributed by atoms with van der Waals surface area (Å²) in [6.45, 7) is 0. The summed E-state index contributed by atoms with van der Waals surface area (Å²) in [6.07, 6.45) is 3.03. The Kier molecular flexibility index (Phi) is 12.8. The molecule has 14 heavy (non-hydrogen) atoms. The van der Waals surface area contributed by atoms with Crippen molar-refractivity contribution in [3.05, 3.63) is 36.8 Å². The van der Waals surface area contributed by atoms with E-state index in [4.69, 9.17) is 9.47 Å². The zero-order valence-electron chi connectivity index (χ0n) is 6.91. The van der Waals surface area contributed by atoms with Gasteiger partial charge in [-0.15, -0.1) is 49.6 Å². The molecule has 2 nitrogen and oxygen atoms in total. The highest BCUT2D eigenvalue weighted by Crippen LogP contribution is 2.28. The van der Waals surface area contributed by atoms with Crippen LogP contribution in [-0.4, -0.2) is 0 Å². The highest BCUT2D eigenvalue weighted by atomic mass is 35.5. The molecule has 82 valence electrons. The maximum absolute atomic E-state index is 5.12. The van der Waals surface area contributed by atoms with Gasteiger partial charge < -0.3 is 9.47 Å². The van der Waals surface area contributed by atoms with Crippen LogP contribution in [0.3, 0.4) is 0 Å². The monoisotopic (exact) mass is 278 g/mol. The molecule has 0 bridgehead atoms. The van der Waals surface area contributed by atoms with Gasteiger partial charge in [0, 0.05) is 0 Å². The Labute approximate surface area is 107 Å². The van der Waals surface area contributed by atoms with Crippen molar-refractivity contribution in [1.82, 2.24) is 0 Å². The van der Waals surface area contributed by atoms with E-state index in [9.17, 15) is 0 Å². The lowest BCUT2D eigenvalue weighted by Gasteiger charge is -2.10. The average molecular weight is 280 g/mol. The van der Waals surface area contributed by atoms with Crippen molar-refractivity contribution in [1.29, 1.82) is 0 Å². The highest BCUT2D eigenvalue weighted by molar-refractivity contribution is 5.86. The predicted octanol–water partition coefficient (Wildman–Crippen LogP) is 3.62. The Morgan fingerprint density at radius 1 is 0.643 bits per heavy atom. The van der Waals surface area contributed by atoms with E-state index >= 15 is 0 Å². The van der Waals surface area contributed by atoms with Crippen molar-refractivity contribution in [2.24, 2.45) is 0 Å². The molecule has 0 unspecified atom stereocenters. The van der Waals surface area contributed by atoms with Crippen molar-refractivity contribution < 1.29 is 9.47 Å². The molecule has 0 saturated heterocycles. The van der Waals surface area contributed by atoms with Gasteiger partial charge in [-0.05, 0) is 12.1 Å². The van der Waals surface area contributed by atoms with Crippen LogP contribution in [0.2, 0.25) is 0 Å². The lowest BCUT2D eigenvalue weighted by Crippen LogP contribution is -1.94. The van der Waals surface area contributed by atoms with Crippen LogP contribution in [0.4, 0.5) is 0 Å². The smallest absolute Gasteiger partial charge is 0.169 e. The predicted molar refractivity (Wildman–Crippen MR) is 65.8 cm³/mol. The summed E-state index contributed by atoms with van der Waals surface area (Å²) in [6, 6.07) is 7.53. The number of hydrogen-bond acceptors (Lipinski definition) is 2. The van der Waals surface area contributed by atoms with Crippen LogP contribution >= 0.6 is 49.6 Å². The number of hydrogen-bond donors (Lipinski definition) is 0. The number of benzene rings is 1. The minimum absolute atomic E-state index is 0. The normalized spacial score (nSPS) is 9.43. The van der Waals surface area contributed by atoms with Gasteiger partial charge in [-0.25, -0.2) is 0 Å². The zero-order chi connectivity index (χ0) is 6.81. The first kappa shape index (κ1) is 19.3. The molecule has 1 aliphatic heterocycles. The first-order valence-electron chi connectivity index (χ1n) is 3.04. The number of fused-ring (bicyclic) bond motifs is 1. The topological polar surface area (TPSA) is 18.5 Å². The SMILES string of the molecule is C1=COc2ccccc2O1.Cl.Cl.Cl.Cl. The second kappa shape index (κ2) is 9.28. The van der Waals surface area contributed by atoms with Gasteiger partial charge in [-0.3, -0.25) is 0 Å². The Morgan fingerprint density at radius 3 is 1.36 bits per heavy atom. The number of ether oxygens (including phenoxy) is 2. The largest absolute Gasteiger partial charge is 0.458 e. The van der Waals surface area contributed by atoms with Crippen LogP contribution < -0.4 is 9.47 Å². The average Bonchev–Trinajstić information content (AvgIpc) is 2.05. The van der Waals surface area contributed by atoms with E-state index < -0.39 is 0 Å². The fourth-order valence-electron chi connectivity index (χ4n) is 0.847. The fraction of sp³-hybridized carbons (Fsp3) is 0. The van der Waals surface area contributed by atoms with Crippen LogP contribution in [0.1, 0.15) is 0 Å². The first-order valence-corrected chi connectivity index (χ1v) is 3.04. The van der Waals surface area contributed by atoms with Gasteiger partial charge in [-0.1, -0.05) is 12.1 Å². The van der Waals surface area contributed by atoms with E-state index in [-0.39, 0.29) is 49.6 Å². The van der Waals surface area contributed by atoms with Crippen LogP contribution in [0.5, 0.6) is 11.5 Å². The van der Waals surface area contributed by atoms with Crippen molar-refractivity contribution >= 4 is 49.6 Å². The summed E-state index contributed by atoms with van der Waals surface area (Å²) >= 11 is 0. The lowest BCUT2D eigenvalue weighted by molar-refractivity contribution is 0.362. The molecule has 1 aliphatic rings. The zero-order valence-corrected chi connectivity index (χ0v) is 10.2. The molecule has 6 heteroatoms. The molecular formula is C8H10Cl4O2. The molecule has 2 rings (SSSR count). The summed E-state index contributed by atoms with van der Waals surface area (Å²) in [5.41, 5.74) is 0. The van der Waals surface area contributed by atoms with Crippen LogP contribution in [0.25, 0.3) is 0 Å². The number of halogens is 4. The van der Waals surface area contributed by atoms with Gasteiger partial charge in [0.25, 0.3) is 0 Å². The summed E-state index contributed by atoms with van der Waals surface area (Å²) in [5.74, 6) is 1.54. The molecule has 1 aromatic carbocycles. The molecule has 0 atom stereocenters. The van der Waals surface area contributed by atoms with Crippen molar-refractivity contribution in [3.8, 4) is 11.5 Å². The van der Waals surface area contributed by atoms with Crippen molar-refractivity contribution in [2.45, 2.75) is 0 Å². The molecule has 0 aromatic heterocycles. The second-order valence-electron chi connectivity index (χ2n) is 1.95. The minimum Gasteiger partial charge on any atom is -0.458 e. The van der Waals surface area contributed by atoms with Crippen molar-refractivity contribution in [3.63, 3.8) is 0 Å². The van der Waals surface area contributed by atoms with E-state index in [1.54, 1.807) is 0 Å². The first-order chi connectivity index (χ1) is 4.97. The van der Waals surface area contributed by atoms with Gasteiger partial charge in [0.05, 0.1) is 0 Å². The van der Waals surface area contributed by atoms with Crippen LogP contribution in [-0.2, 0) is 0 Å². The molecule has 0 spiro atoms. The minimum atomic E-state index is 0. The Hall–Kier alpha value is -0.280. The molecule has 0 saturated carbocycles. The third kappa shape index (κ3) is 4.29. The molecule has 0 fully saturated rings. The van der Waals surface area contributed by atoms with Crippen LogP contribution in [0, 0.1) is 0 Å². The molecule has 0 amide bonds. The maximum Gasteiger partial charge on any atom is 0.169 e. The summed E-state index contributed by atoms with van der Waals surface area (Å²) in [7, 11) is 0. The highest BCUT2D eigenvalue weighted by Gasteiger charge is 2.03. The number of rotatable bonds is 0.